The molecular formula is C19H25NO5. The Morgan fingerprint density at radius 2 is 1.84 bits per heavy atom. The maximum Gasteiger partial charge on any atom is 0.408 e. The zero-order valence-corrected chi connectivity index (χ0v) is 14.9. The van der Waals surface area contributed by atoms with E-state index in [1.807, 2.05) is 30.3 Å². The lowest BCUT2D eigenvalue weighted by atomic mass is 10.0. The molecule has 0 radical (unpaired) electrons. The molecule has 0 bridgehead atoms. The Hall–Kier alpha value is -2.63. The molecule has 0 aliphatic heterocycles. The predicted octanol–water partition coefficient (Wildman–Crippen LogP) is 2.81. The van der Waals surface area contributed by atoms with Crippen LogP contribution in [0.4, 0.5) is 4.79 Å². The highest BCUT2D eigenvalue weighted by Crippen LogP contribution is 2.10. The molecule has 25 heavy (non-hydrogen) atoms. The SMILES string of the molecule is C=CCOC(=O)CC(=O)[C@H](Cc1ccccc1)NC(=O)OC(C)(C)C. The predicted molar refractivity (Wildman–Crippen MR) is 94.1 cm³/mol. The fraction of sp³-hybridized carbons (Fsp3) is 0.421. The smallest absolute Gasteiger partial charge is 0.408 e. The average molecular weight is 347 g/mol. The van der Waals surface area contributed by atoms with Gasteiger partial charge in [-0.1, -0.05) is 43.0 Å². The van der Waals surface area contributed by atoms with E-state index in [-0.39, 0.29) is 13.0 Å². The van der Waals surface area contributed by atoms with Crippen LogP contribution in [0.2, 0.25) is 0 Å². The number of carbonyl (C=O) groups is 3. The molecule has 0 spiro atoms. The van der Waals surface area contributed by atoms with Crippen LogP contribution in [0, 0.1) is 0 Å². The molecule has 6 nitrogen and oxygen atoms in total. The molecule has 1 rings (SSSR count). The van der Waals surface area contributed by atoms with Crippen molar-refractivity contribution in [2.75, 3.05) is 6.61 Å². The van der Waals surface area contributed by atoms with E-state index in [2.05, 4.69) is 11.9 Å². The van der Waals surface area contributed by atoms with Crippen LogP contribution < -0.4 is 5.32 Å². The number of ether oxygens (including phenoxy) is 2. The number of ketones is 1. The number of carbonyl (C=O) groups excluding carboxylic acids is 3. The fourth-order valence-corrected chi connectivity index (χ4v) is 2.01. The fourth-order valence-electron chi connectivity index (χ4n) is 2.01. The van der Waals surface area contributed by atoms with Crippen LogP contribution in [0.5, 0.6) is 0 Å². The number of rotatable bonds is 8. The molecule has 1 aromatic rings. The van der Waals surface area contributed by atoms with E-state index in [0.29, 0.717) is 0 Å². The van der Waals surface area contributed by atoms with Gasteiger partial charge in [0.05, 0.1) is 6.04 Å². The lowest BCUT2D eigenvalue weighted by Gasteiger charge is -2.23. The number of hydrogen-bond acceptors (Lipinski definition) is 5. The second-order valence-corrected chi connectivity index (χ2v) is 6.50. The molecule has 6 heteroatoms. The number of nitrogens with one attached hydrogen (secondary N) is 1. The molecule has 0 unspecified atom stereocenters. The Labute approximate surface area is 148 Å². The first-order chi connectivity index (χ1) is 11.7. The van der Waals surface area contributed by atoms with Crippen LogP contribution in [-0.2, 0) is 25.5 Å². The molecule has 0 heterocycles. The first-order valence-corrected chi connectivity index (χ1v) is 8.04. The van der Waals surface area contributed by atoms with Crippen LogP contribution in [0.15, 0.2) is 43.0 Å². The number of hydrogen-bond donors (Lipinski definition) is 1. The molecule has 1 N–H and O–H groups in total. The molecule has 0 aromatic heterocycles. The van der Waals surface area contributed by atoms with Gasteiger partial charge >= 0.3 is 12.1 Å². The van der Waals surface area contributed by atoms with Crippen molar-refractivity contribution in [1.29, 1.82) is 0 Å². The Bertz CT molecular complexity index is 604. The lowest BCUT2D eigenvalue weighted by molar-refractivity contribution is -0.145. The normalized spacial score (nSPS) is 12.0. The number of amides is 1. The summed E-state index contributed by atoms with van der Waals surface area (Å²) in [5.41, 5.74) is 0.171. The van der Waals surface area contributed by atoms with Crippen molar-refractivity contribution in [3.05, 3.63) is 48.6 Å². The summed E-state index contributed by atoms with van der Waals surface area (Å²) >= 11 is 0. The minimum Gasteiger partial charge on any atom is -0.461 e. The molecule has 0 aliphatic rings. The molecular weight excluding hydrogens is 322 g/mol. The van der Waals surface area contributed by atoms with Crippen molar-refractivity contribution in [2.45, 2.75) is 45.3 Å². The molecule has 136 valence electrons. The molecule has 0 saturated carbocycles. The Kier molecular flexibility index (Phi) is 7.85. The molecule has 0 fully saturated rings. The van der Waals surface area contributed by atoms with Crippen LogP contribution in [0.25, 0.3) is 0 Å². The van der Waals surface area contributed by atoms with Crippen molar-refractivity contribution in [2.24, 2.45) is 0 Å². The summed E-state index contributed by atoms with van der Waals surface area (Å²) in [6.45, 7) is 8.67. The van der Waals surface area contributed by atoms with E-state index in [9.17, 15) is 14.4 Å². The van der Waals surface area contributed by atoms with E-state index < -0.39 is 35.9 Å². The molecule has 1 atom stereocenters. The molecule has 0 saturated heterocycles. The summed E-state index contributed by atoms with van der Waals surface area (Å²) in [7, 11) is 0. The lowest BCUT2D eigenvalue weighted by Crippen LogP contribution is -2.45. The van der Waals surface area contributed by atoms with Gasteiger partial charge in [0, 0.05) is 0 Å². The van der Waals surface area contributed by atoms with Crippen LogP contribution >= 0.6 is 0 Å². The Morgan fingerprint density at radius 3 is 2.40 bits per heavy atom. The van der Waals surface area contributed by atoms with Gasteiger partial charge in [0.15, 0.2) is 5.78 Å². The van der Waals surface area contributed by atoms with Crippen molar-refractivity contribution in [3.8, 4) is 0 Å². The van der Waals surface area contributed by atoms with Gasteiger partial charge in [-0.25, -0.2) is 4.79 Å². The Balaban J connectivity index is 2.79. The summed E-state index contributed by atoms with van der Waals surface area (Å²) in [6, 6.07) is 8.33. The monoisotopic (exact) mass is 347 g/mol. The third-order valence-corrected chi connectivity index (χ3v) is 3.04. The number of Topliss-reactive ketones (excluding diaryl/α,β-unsaturated/α-hetero) is 1. The molecule has 1 amide bonds. The van der Waals surface area contributed by atoms with Crippen molar-refractivity contribution < 1.29 is 23.9 Å². The number of benzene rings is 1. The second kappa shape index (κ2) is 9.61. The topological polar surface area (TPSA) is 81.7 Å². The standard InChI is InChI=1S/C19H25NO5/c1-5-11-24-17(22)13-16(21)15(12-14-9-7-6-8-10-14)20-18(23)25-19(2,3)4/h5-10,15H,1,11-13H2,2-4H3,(H,20,23)/t15-/m0/s1. The number of esters is 1. The van der Waals surface area contributed by atoms with Gasteiger partial charge in [-0.3, -0.25) is 9.59 Å². The maximum atomic E-state index is 12.4. The van der Waals surface area contributed by atoms with Gasteiger partial charge in [-0.05, 0) is 32.8 Å². The van der Waals surface area contributed by atoms with E-state index >= 15 is 0 Å². The first kappa shape index (κ1) is 20.4. The van der Waals surface area contributed by atoms with E-state index in [4.69, 9.17) is 9.47 Å². The zero-order chi connectivity index (χ0) is 18.9. The molecule has 0 aliphatic carbocycles. The van der Waals surface area contributed by atoms with E-state index in [1.54, 1.807) is 20.8 Å². The number of alkyl carbamates (subject to hydrolysis) is 1. The van der Waals surface area contributed by atoms with Crippen LogP contribution in [-0.4, -0.2) is 36.1 Å². The summed E-state index contributed by atoms with van der Waals surface area (Å²) in [5.74, 6) is -1.10. The van der Waals surface area contributed by atoms with Gasteiger partial charge in [0.2, 0.25) is 0 Å². The van der Waals surface area contributed by atoms with Gasteiger partial charge in [-0.2, -0.15) is 0 Å². The third kappa shape index (κ3) is 8.69. The van der Waals surface area contributed by atoms with Crippen molar-refractivity contribution in [1.82, 2.24) is 5.32 Å². The third-order valence-electron chi connectivity index (χ3n) is 3.04. The minimum absolute atomic E-state index is 0.0367. The Morgan fingerprint density at radius 1 is 1.20 bits per heavy atom. The van der Waals surface area contributed by atoms with E-state index in [1.165, 1.54) is 6.08 Å². The van der Waals surface area contributed by atoms with Gasteiger partial charge in [0.25, 0.3) is 0 Å². The highest BCUT2D eigenvalue weighted by molar-refractivity contribution is 5.99. The molecule has 1 aromatic carbocycles. The summed E-state index contributed by atoms with van der Waals surface area (Å²) < 4.78 is 10.0. The highest BCUT2D eigenvalue weighted by Gasteiger charge is 2.26. The van der Waals surface area contributed by atoms with Crippen LogP contribution in [0.3, 0.4) is 0 Å². The largest absolute Gasteiger partial charge is 0.461 e. The minimum atomic E-state index is -0.881. The van der Waals surface area contributed by atoms with Crippen molar-refractivity contribution >= 4 is 17.8 Å². The zero-order valence-electron chi connectivity index (χ0n) is 14.9. The van der Waals surface area contributed by atoms with Crippen molar-refractivity contribution in [3.63, 3.8) is 0 Å². The van der Waals surface area contributed by atoms with Gasteiger partial charge < -0.3 is 14.8 Å². The maximum absolute atomic E-state index is 12.4. The summed E-state index contributed by atoms with van der Waals surface area (Å²) in [4.78, 5) is 36.1. The van der Waals surface area contributed by atoms with E-state index in [0.717, 1.165) is 5.56 Å². The summed E-state index contributed by atoms with van der Waals surface area (Å²) in [6.07, 6.45) is 0.540. The van der Waals surface area contributed by atoms with Gasteiger partial charge in [0.1, 0.15) is 18.6 Å². The van der Waals surface area contributed by atoms with Crippen LogP contribution in [0.1, 0.15) is 32.8 Å². The first-order valence-electron chi connectivity index (χ1n) is 8.04. The highest BCUT2D eigenvalue weighted by atomic mass is 16.6. The average Bonchev–Trinajstić information content (AvgIpc) is 2.51. The summed E-state index contributed by atoms with van der Waals surface area (Å²) in [5, 5.41) is 2.54. The quantitative estimate of drug-likeness (QED) is 0.444. The van der Waals surface area contributed by atoms with Gasteiger partial charge in [-0.15, -0.1) is 0 Å². The second-order valence-electron chi connectivity index (χ2n) is 6.50.